The standard InChI is InChI=1S/C17H13FN4O3/c18-13-4-1-11(2-5-13)17-19-21-22(20-17)10-14(23)12-3-6-15-16(9-12)25-8-7-24-15/h1-6,9H,7-8,10H2. The van der Waals surface area contributed by atoms with Gasteiger partial charge in [0.2, 0.25) is 5.82 Å². The van der Waals surface area contributed by atoms with Crippen LogP contribution < -0.4 is 9.47 Å². The van der Waals surface area contributed by atoms with Gasteiger partial charge in [-0.3, -0.25) is 4.79 Å². The highest BCUT2D eigenvalue weighted by atomic mass is 19.1. The van der Waals surface area contributed by atoms with Crippen molar-refractivity contribution in [2.75, 3.05) is 13.2 Å². The first kappa shape index (κ1) is 15.3. The minimum Gasteiger partial charge on any atom is -0.486 e. The Morgan fingerprint density at radius 3 is 2.64 bits per heavy atom. The third-order valence-electron chi connectivity index (χ3n) is 3.70. The van der Waals surface area contributed by atoms with Gasteiger partial charge in [-0.05, 0) is 47.7 Å². The van der Waals surface area contributed by atoms with Gasteiger partial charge in [-0.25, -0.2) is 4.39 Å². The molecule has 0 spiro atoms. The molecular formula is C17H13FN4O3. The molecule has 0 unspecified atom stereocenters. The molecule has 0 amide bonds. The predicted molar refractivity (Wildman–Crippen MR) is 85.0 cm³/mol. The van der Waals surface area contributed by atoms with Crippen molar-refractivity contribution in [2.45, 2.75) is 6.54 Å². The first-order valence-corrected chi connectivity index (χ1v) is 7.66. The molecule has 0 fully saturated rings. The molecule has 4 rings (SSSR count). The quantitative estimate of drug-likeness (QED) is 0.677. The molecule has 2 aromatic carbocycles. The largest absolute Gasteiger partial charge is 0.486 e. The van der Waals surface area contributed by atoms with Gasteiger partial charge in [-0.1, -0.05) is 0 Å². The lowest BCUT2D eigenvalue weighted by Crippen LogP contribution is -2.17. The number of ketones is 1. The summed E-state index contributed by atoms with van der Waals surface area (Å²) in [6.45, 7) is 0.888. The van der Waals surface area contributed by atoms with Crippen LogP contribution in [0, 0.1) is 5.82 Å². The van der Waals surface area contributed by atoms with E-state index >= 15 is 0 Å². The Bertz CT molecular complexity index is 924. The summed E-state index contributed by atoms with van der Waals surface area (Å²) in [4.78, 5) is 13.6. The summed E-state index contributed by atoms with van der Waals surface area (Å²) >= 11 is 0. The maximum atomic E-state index is 13.0. The highest BCUT2D eigenvalue weighted by Crippen LogP contribution is 2.30. The van der Waals surface area contributed by atoms with Gasteiger partial charge in [-0.15, -0.1) is 10.2 Å². The molecule has 2 heterocycles. The molecule has 0 atom stereocenters. The van der Waals surface area contributed by atoms with Crippen LogP contribution in [-0.2, 0) is 6.54 Å². The molecule has 0 N–H and O–H groups in total. The maximum absolute atomic E-state index is 13.0. The van der Waals surface area contributed by atoms with Crippen LogP contribution in [-0.4, -0.2) is 39.2 Å². The molecule has 25 heavy (non-hydrogen) atoms. The Labute approximate surface area is 142 Å². The highest BCUT2D eigenvalue weighted by Gasteiger charge is 2.16. The Balaban J connectivity index is 1.50. The summed E-state index contributed by atoms with van der Waals surface area (Å²) in [7, 11) is 0. The molecule has 1 aliphatic rings. The number of nitrogens with zero attached hydrogens (tertiary/aromatic N) is 4. The van der Waals surface area contributed by atoms with E-state index in [1.54, 1.807) is 30.3 Å². The zero-order chi connectivity index (χ0) is 17.2. The summed E-state index contributed by atoms with van der Waals surface area (Å²) in [6, 6.07) is 10.8. The van der Waals surface area contributed by atoms with Gasteiger partial charge in [0.25, 0.3) is 0 Å². The molecule has 1 aliphatic heterocycles. The molecule has 126 valence electrons. The predicted octanol–water partition coefficient (Wildman–Crippen LogP) is 2.13. The van der Waals surface area contributed by atoms with Gasteiger partial charge in [0.1, 0.15) is 25.6 Å². The zero-order valence-corrected chi connectivity index (χ0v) is 13.1. The van der Waals surface area contributed by atoms with Crippen LogP contribution in [0.1, 0.15) is 10.4 Å². The summed E-state index contributed by atoms with van der Waals surface area (Å²) in [5, 5.41) is 11.9. The molecule has 0 aliphatic carbocycles. The number of rotatable bonds is 4. The second-order valence-corrected chi connectivity index (χ2v) is 5.43. The number of carbonyl (C=O) groups is 1. The second-order valence-electron chi connectivity index (χ2n) is 5.43. The van der Waals surface area contributed by atoms with E-state index in [2.05, 4.69) is 15.4 Å². The van der Waals surface area contributed by atoms with E-state index in [4.69, 9.17) is 9.47 Å². The number of Topliss-reactive ketones (excluding diaryl/α,β-unsaturated/α-hetero) is 1. The Kier molecular flexibility index (Phi) is 3.85. The smallest absolute Gasteiger partial charge is 0.204 e. The third kappa shape index (κ3) is 3.18. The highest BCUT2D eigenvalue weighted by molar-refractivity contribution is 5.96. The maximum Gasteiger partial charge on any atom is 0.204 e. The number of hydrogen-bond acceptors (Lipinski definition) is 6. The Morgan fingerprint density at radius 1 is 1.08 bits per heavy atom. The van der Waals surface area contributed by atoms with Crippen LogP contribution in [0.5, 0.6) is 11.5 Å². The molecule has 0 saturated heterocycles. The first-order valence-electron chi connectivity index (χ1n) is 7.66. The average Bonchev–Trinajstić information content (AvgIpc) is 3.10. The second kappa shape index (κ2) is 6.31. The van der Waals surface area contributed by atoms with Gasteiger partial charge < -0.3 is 9.47 Å². The fourth-order valence-electron chi connectivity index (χ4n) is 2.46. The van der Waals surface area contributed by atoms with Crippen LogP contribution in [0.4, 0.5) is 4.39 Å². The molecule has 0 bridgehead atoms. The summed E-state index contributed by atoms with van der Waals surface area (Å²) in [5.41, 5.74) is 1.10. The minimum atomic E-state index is -0.343. The summed E-state index contributed by atoms with van der Waals surface area (Å²) < 4.78 is 23.9. The lowest BCUT2D eigenvalue weighted by atomic mass is 10.1. The van der Waals surface area contributed by atoms with Crippen LogP contribution in [0.3, 0.4) is 0 Å². The molecule has 3 aromatic rings. The molecule has 8 heteroatoms. The van der Waals surface area contributed by atoms with E-state index in [0.717, 1.165) is 0 Å². The van der Waals surface area contributed by atoms with E-state index in [1.807, 2.05) is 0 Å². The van der Waals surface area contributed by atoms with Gasteiger partial charge in [-0.2, -0.15) is 4.80 Å². The zero-order valence-electron chi connectivity index (χ0n) is 13.1. The number of tetrazole rings is 1. The number of ether oxygens (including phenoxy) is 2. The number of aromatic nitrogens is 4. The summed E-state index contributed by atoms with van der Waals surface area (Å²) in [5.74, 6) is 0.982. The van der Waals surface area contributed by atoms with Crippen molar-refractivity contribution in [3.8, 4) is 22.9 Å². The first-order chi connectivity index (χ1) is 12.2. The fraction of sp³-hybridized carbons (Fsp3) is 0.176. The number of carbonyl (C=O) groups excluding carboxylic acids is 1. The topological polar surface area (TPSA) is 79.1 Å². The Hall–Kier alpha value is -3.29. The number of hydrogen-bond donors (Lipinski definition) is 0. The molecule has 1 aromatic heterocycles. The number of halogens is 1. The van der Waals surface area contributed by atoms with Gasteiger partial charge in [0, 0.05) is 11.1 Å². The van der Waals surface area contributed by atoms with E-state index < -0.39 is 0 Å². The number of benzene rings is 2. The van der Waals surface area contributed by atoms with E-state index in [-0.39, 0.29) is 18.1 Å². The molecule has 0 saturated carbocycles. The van der Waals surface area contributed by atoms with Crippen molar-refractivity contribution in [1.29, 1.82) is 0 Å². The Morgan fingerprint density at radius 2 is 1.84 bits per heavy atom. The van der Waals surface area contributed by atoms with Crippen LogP contribution in [0.15, 0.2) is 42.5 Å². The fourth-order valence-corrected chi connectivity index (χ4v) is 2.46. The number of fused-ring (bicyclic) bond motifs is 1. The van der Waals surface area contributed by atoms with Gasteiger partial charge >= 0.3 is 0 Å². The van der Waals surface area contributed by atoms with Crippen molar-refractivity contribution in [3.63, 3.8) is 0 Å². The molecule has 7 nitrogen and oxygen atoms in total. The van der Waals surface area contributed by atoms with E-state index in [9.17, 15) is 9.18 Å². The SMILES string of the molecule is O=C(Cn1nnc(-c2ccc(F)cc2)n1)c1ccc2c(c1)OCCO2. The van der Waals surface area contributed by atoms with Gasteiger partial charge in [0.05, 0.1) is 0 Å². The lowest BCUT2D eigenvalue weighted by molar-refractivity contribution is 0.0960. The third-order valence-corrected chi connectivity index (χ3v) is 3.70. The molecule has 0 radical (unpaired) electrons. The average molecular weight is 340 g/mol. The van der Waals surface area contributed by atoms with E-state index in [0.29, 0.717) is 41.7 Å². The summed E-state index contributed by atoms with van der Waals surface area (Å²) in [6.07, 6.45) is 0. The molecular weight excluding hydrogens is 327 g/mol. The normalized spacial score (nSPS) is 12.8. The monoisotopic (exact) mass is 340 g/mol. The lowest BCUT2D eigenvalue weighted by Gasteiger charge is -2.18. The van der Waals surface area contributed by atoms with Crippen molar-refractivity contribution in [2.24, 2.45) is 0 Å². The van der Waals surface area contributed by atoms with E-state index in [1.165, 1.54) is 16.9 Å². The van der Waals surface area contributed by atoms with Crippen molar-refractivity contribution in [1.82, 2.24) is 20.2 Å². The van der Waals surface area contributed by atoms with Crippen LogP contribution in [0.2, 0.25) is 0 Å². The minimum absolute atomic E-state index is 0.0617. The van der Waals surface area contributed by atoms with Crippen LogP contribution in [0.25, 0.3) is 11.4 Å². The van der Waals surface area contributed by atoms with Crippen molar-refractivity contribution >= 4 is 5.78 Å². The van der Waals surface area contributed by atoms with Crippen molar-refractivity contribution < 1.29 is 18.7 Å². The van der Waals surface area contributed by atoms with Gasteiger partial charge in [0.15, 0.2) is 17.3 Å². The van der Waals surface area contributed by atoms with Crippen molar-refractivity contribution in [3.05, 3.63) is 53.8 Å². The van der Waals surface area contributed by atoms with Crippen LogP contribution >= 0.6 is 0 Å².